The summed E-state index contributed by atoms with van der Waals surface area (Å²) in [5, 5.41) is 6.04. The van der Waals surface area contributed by atoms with E-state index in [1.165, 1.54) is 0 Å². The van der Waals surface area contributed by atoms with Gasteiger partial charge in [-0.15, -0.1) is 0 Å². The summed E-state index contributed by atoms with van der Waals surface area (Å²) in [7, 11) is 5.71. The molecule has 0 bridgehead atoms. The van der Waals surface area contributed by atoms with Crippen LogP contribution in [-0.4, -0.2) is 61.6 Å². The summed E-state index contributed by atoms with van der Waals surface area (Å²) in [4.78, 5) is 22.8. The molecule has 1 heterocycles. The molecule has 1 aromatic carbocycles. The number of nitrogens with one attached hydrogen (secondary N) is 2. The van der Waals surface area contributed by atoms with E-state index in [0.29, 0.717) is 18.2 Å². The first-order valence-electron chi connectivity index (χ1n) is 8.71. The molecule has 2 rings (SSSR count). The molecule has 0 unspecified atom stereocenters. The van der Waals surface area contributed by atoms with Gasteiger partial charge < -0.3 is 20.3 Å². The molecule has 1 aromatic heterocycles. The number of methoxy groups -OCH3 is 1. The van der Waals surface area contributed by atoms with Gasteiger partial charge in [0.05, 0.1) is 7.11 Å². The minimum Gasteiger partial charge on any atom is -0.497 e. The van der Waals surface area contributed by atoms with Gasteiger partial charge in [-0.2, -0.15) is 0 Å². The molecule has 0 aliphatic rings. The minimum absolute atomic E-state index is 0.202. The van der Waals surface area contributed by atoms with Crippen molar-refractivity contribution in [3.05, 3.63) is 47.8 Å². The molecule has 0 aliphatic carbocycles. The first-order chi connectivity index (χ1) is 12.6. The highest BCUT2D eigenvalue weighted by Crippen LogP contribution is 2.12. The molecule has 0 aliphatic heterocycles. The number of benzene rings is 1. The van der Waals surface area contributed by atoms with Gasteiger partial charge in [-0.1, -0.05) is 12.1 Å². The largest absolute Gasteiger partial charge is 0.497 e. The summed E-state index contributed by atoms with van der Waals surface area (Å²) in [6.45, 7) is 2.28. The third-order valence-corrected chi connectivity index (χ3v) is 3.79. The zero-order valence-electron chi connectivity index (χ0n) is 15.7. The molecule has 0 saturated heterocycles. The normalized spacial score (nSPS) is 10.6. The maximum atomic E-state index is 12.3. The van der Waals surface area contributed by atoms with E-state index in [2.05, 4.69) is 25.5 Å². The van der Waals surface area contributed by atoms with Crippen molar-refractivity contribution in [1.82, 2.24) is 20.2 Å². The van der Waals surface area contributed by atoms with Crippen molar-refractivity contribution in [2.45, 2.75) is 12.8 Å². The van der Waals surface area contributed by atoms with Gasteiger partial charge in [0.25, 0.3) is 5.91 Å². The molecule has 140 valence electrons. The van der Waals surface area contributed by atoms with E-state index in [-0.39, 0.29) is 5.91 Å². The molecule has 0 fully saturated rings. The van der Waals surface area contributed by atoms with Crippen LogP contribution in [0.3, 0.4) is 0 Å². The van der Waals surface area contributed by atoms with E-state index in [1.54, 1.807) is 19.4 Å². The average molecular weight is 357 g/mol. The lowest BCUT2D eigenvalue weighted by molar-refractivity contribution is 0.0949. The van der Waals surface area contributed by atoms with Gasteiger partial charge in [-0.05, 0) is 57.2 Å². The molecule has 7 nitrogen and oxygen atoms in total. The highest BCUT2D eigenvalue weighted by molar-refractivity contribution is 5.92. The van der Waals surface area contributed by atoms with E-state index in [0.717, 1.165) is 37.2 Å². The zero-order chi connectivity index (χ0) is 18.8. The lowest BCUT2D eigenvalue weighted by atomic mass is 10.1. The smallest absolute Gasteiger partial charge is 0.270 e. The Morgan fingerprint density at radius 2 is 2.08 bits per heavy atom. The summed E-state index contributed by atoms with van der Waals surface area (Å²) >= 11 is 0. The standard InChI is InChI=1S/C19H27N5O2/c1-24(2)13-5-10-21-19-22-12-9-17(23-19)18(25)20-11-8-15-6-4-7-16(14-15)26-3/h4,6-7,9,12,14H,5,8,10-11,13H2,1-3H3,(H,20,25)(H,21,22,23). The third-order valence-electron chi connectivity index (χ3n) is 3.79. The summed E-state index contributed by atoms with van der Waals surface area (Å²) in [6, 6.07) is 9.43. The van der Waals surface area contributed by atoms with Crippen molar-refractivity contribution < 1.29 is 9.53 Å². The molecule has 1 amide bonds. The van der Waals surface area contributed by atoms with Crippen LogP contribution < -0.4 is 15.4 Å². The Morgan fingerprint density at radius 3 is 2.85 bits per heavy atom. The maximum absolute atomic E-state index is 12.3. The second-order valence-corrected chi connectivity index (χ2v) is 6.21. The highest BCUT2D eigenvalue weighted by atomic mass is 16.5. The van der Waals surface area contributed by atoms with Gasteiger partial charge in [0, 0.05) is 19.3 Å². The van der Waals surface area contributed by atoms with Crippen LogP contribution in [0.15, 0.2) is 36.5 Å². The Hall–Kier alpha value is -2.67. The Labute approximate surface area is 154 Å². The predicted octanol–water partition coefficient (Wildman–Crippen LogP) is 1.82. The Morgan fingerprint density at radius 1 is 1.23 bits per heavy atom. The quantitative estimate of drug-likeness (QED) is 0.632. The summed E-state index contributed by atoms with van der Waals surface area (Å²) < 4.78 is 5.20. The fourth-order valence-corrected chi connectivity index (χ4v) is 2.40. The predicted molar refractivity (Wildman–Crippen MR) is 103 cm³/mol. The van der Waals surface area contributed by atoms with Crippen LogP contribution >= 0.6 is 0 Å². The number of nitrogens with zero attached hydrogens (tertiary/aromatic N) is 3. The number of carbonyl (C=O) groups is 1. The summed E-state index contributed by atoms with van der Waals surface area (Å²) in [5.41, 5.74) is 1.47. The summed E-state index contributed by atoms with van der Waals surface area (Å²) in [6.07, 6.45) is 3.30. The van der Waals surface area contributed by atoms with E-state index in [1.807, 2.05) is 38.4 Å². The SMILES string of the molecule is COc1cccc(CCNC(=O)c2ccnc(NCCCN(C)C)n2)c1. The number of hydrogen-bond acceptors (Lipinski definition) is 6. The maximum Gasteiger partial charge on any atom is 0.270 e. The lowest BCUT2D eigenvalue weighted by Gasteiger charge is -2.10. The van der Waals surface area contributed by atoms with Crippen molar-refractivity contribution in [3.8, 4) is 5.75 Å². The monoisotopic (exact) mass is 357 g/mol. The first-order valence-corrected chi connectivity index (χ1v) is 8.71. The van der Waals surface area contributed by atoms with Gasteiger partial charge in [0.15, 0.2) is 0 Å². The Kier molecular flexibility index (Phi) is 7.82. The Balaban J connectivity index is 1.80. The molecular formula is C19H27N5O2. The molecule has 0 spiro atoms. The number of hydrogen-bond donors (Lipinski definition) is 2. The van der Waals surface area contributed by atoms with Crippen LogP contribution in [0.1, 0.15) is 22.5 Å². The lowest BCUT2D eigenvalue weighted by Crippen LogP contribution is -2.27. The second-order valence-electron chi connectivity index (χ2n) is 6.21. The average Bonchev–Trinajstić information content (AvgIpc) is 2.65. The molecule has 0 atom stereocenters. The van der Waals surface area contributed by atoms with Crippen molar-refractivity contribution in [2.75, 3.05) is 46.2 Å². The van der Waals surface area contributed by atoms with E-state index < -0.39 is 0 Å². The number of amides is 1. The van der Waals surface area contributed by atoms with Gasteiger partial charge in [0.2, 0.25) is 5.95 Å². The van der Waals surface area contributed by atoms with E-state index in [4.69, 9.17) is 4.74 Å². The molecule has 0 radical (unpaired) electrons. The van der Waals surface area contributed by atoms with Crippen LogP contribution in [0.2, 0.25) is 0 Å². The number of rotatable bonds is 10. The third kappa shape index (κ3) is 6.68. The van der Waals surface area contributed by atoms with Crippen LogP contribution in [0.25, 0.3) is 0 Å². The number of anilines is 1. The van der Waals surface area contributed by atoms with Crippen LogP contribution in [0.5, 0.6) is 5.75 Å². The number of aromatic nitrogens is 2. The first kappa shape index (κ1) is 19.7. The Bertz CT molecular complexity index is 706. The molecule has 2 N–H and O–H groups in total. The van der Waals surface area contributed by atoms with Crippen LogP contribution in [-0.2, 0) is 6.42 Å². The fraction of sp³-hybridized carbons (Fsp3) is 0.421. The van der Waals surface area contributed by atoms with Crippen LogP contribution in [0, 0.1) is 0 Å². The number of ether oxygens (including phenoxy) is 1. The van der Waals surface area contributed by atoms with Crippen molar-refractivity contribution in [2.24, 2.45) is 0 Å². The molecule has 0 saturated carbocycles. The molecular weight excluding hydrogens is 330 g/mol. The highest BCUT2D eigenvalue weighted by Gasteiger charge is 2.08. The van der Waals surface area contributed by atoms with Crippen molar-refractivity contribution in [3.63, 3.8) is 0 Å². The van der Waals surface area contributed by atoms with Gasteiger partial charge >= 0.3 is 0 Å². The number of carbonyl (C=O) groups excluding carboxylic acids is 1. The second kappa shape index (κ2) is 10.4. The molecule has 2 aromatic rings. The van der Waals surface area contributed by atoms with Crippen molar-refractivity contribution >= 4 is 11.9 Å². The topological polar surface area (TPSA) is 79.4 Å². The molecule has 7 heteroatoms. The fourth-order valence-electron chi connectivity index (χ4n) is 2.40. The van der Waals surface area contributed by atoms with Gasteiger partial charge in [0.1, 0.15) is 11.4 Å². The minimum atomic E-state index is -0.202. The van der Waals surface area contributed by atoms with Crippen LogP contribution in [0.4, 0.5) is 5.95 Å². The van der Waals surface area contributed by atoms with E-state index >= 15 is 0 Å². The molecule has 26 heavy (non-hydrogen) atoms. The zero-order valence-corrected chi connectivity index (χ0v) is 15.7. The van der Waals surface area contributed by atoms with Gasteiger partial charge in [-0.3, -0.25) is 4.79 Å². The van der Waals surface area contributed by atoms with Gasteiger partial charge in [-0.25, -0.2) is 9.97 Å². The van der Waals surface area contributed by atoms with Crippen molar-refractivity contribution in [1.29, 1.82) is 0 Å². The summed E-state index contributed by atoms with van der Waals surface area (Å²) in [5.74, 6) is 1.09. The van der Waals surface area contributed by atoms with E-state index in [9.17, 15) is 4.79 Å².